The lowest BCUT2D eigenvalue weighted by Gasteiger charge is -2.16. The van der Waals surface area contributed by atoms with Crippen LogP contribution >= 0.6 is 11.6 Å². The molecule has 4 rings (SSSR count). The van der Waals surface area contributed by atoms with Gasteiger partial charge < -0.3 is 19.9 Å². The van der Waals surface area contributed by atoms with Gasteiger partial charge in [0.15, 0.2) is 0 Å². The highest BCUT2D eigenvalue weighted by Gasteiger charge is 2.19. The van der Waals surface area contributed by atoms with E-state index in [0.717, 1.165) is 5.56 Å². The zero-order valence-electron chi connectivity index (χ0n) is 19.7. The summed E-state index contributed by atoms with van der Waals surface area (Å²) in [5, 5.41) is 15.0. The minimum Gasteiger partial charge on any atom is -0.497 e. The topological polar surface area (TPSA) is 140 Å². The van der Waals surface area contributed by atoms with E-state index in [1.54, 1.807) is 48.1 Å². The molecule has 0 aliphatic heterocycles. The van der Waals surface area contributed by atoms with Gasteiger partial charge in [-0.3, -0.25) is 14.7 Å². The molecule has 3 N–H and O–H groups in total. The maximum absolute atomic E-state index is 13.8. The van der Waals surface area contributed by atoms with Crippen LogP contribution in [0.5, 0.6) is 11.5 Å². The van der Waals surface area contributed by atoms with Crippen LogP contribution < -0.4 is 25.7 Å². The molecule has 0 saturated carbocycles. The molecule has 12 heteroatoms. The monoisotopic (exact) mass is 510 g/mol. The van der Waals surface area contributed by atoms with Crippen molar-refractivity contribution in [2.75, 3.05) is 31.9 Å². The molecule has 0 spiro atoms. The summed E-state index contributed by atoms with van der Waals surface area (Å²) in [4.78, 5) is 37.5. The van der Waals surface area contributed by atoms with E-state index in [9.17, 15) is 9.59 Å². The molecule has 3 heterocycles. The Balaban J connectivity index is 1.86. The molecule has 1 amide bonds. The van der Waals surface area contributed by atoms with Crippen LogP contribution in [0.3, 0.4) is 0 Å². The summed E-state index contributed by atoms with van der Waals surface area (Å²) in [5.74, 6) is 1.41. The highest BCUT2D eigenvalue weighted by molar-refractivity contribution is 6.35. The summed E-state index contributed by atoms with van der Waals surface area (Å²) in [6, 6.07) is 8.37. The average molecular weight is 511 g/mol. The minimum atomic E-state index is -1.21. The number of nitrogens with zero attached hydrogens (tertiary/aromatic N) is 4. The Kier molecular flexibility index (Phi) is 7.20. The molecule has 0 atom stereocenters. The number of amides is 1. The van der Waals surface area contributed by atoms with Crippen molar-refractivity contribution >= 4 is 40.5 Å². The standard InChI is InChI=1S/C24H23ClN6O5/c1-26-23-28-12-14-9-17(16-10-15(35-2)11-18(36-3)20(16)25)22(32)31(21(14)30-23)7-5-13-4-6-27-19(8-13)29-24(33)34/h4,6,8-12H,5,7H2,1-3H3,(H,27,29)(H,33,34)(H,26,28,30). The zero-order valence-corrected chi connectivity index (χ0v) is 20.5. The van der Waals surface area contributed by atoms with Gasteiger partial charge >= 0.3 is 6.09 Å². The third kappa shape index (κ3) is 5.01. The van der Waals surface area contributed by atoms with E-state index in [1.165, 1.54) is 20.4 Å². The molecule has 186 valence electrons. The molecule has 0 fully saturated rings. The first-order valence-electron chi connectivity index (χ1n) is 10.8. The van der Waals surface area contributed by atoms with Crippen molar-refractivity contribution in [1.29, 1.82) is 0 Å². The Labute approximate surface area is 210 Å². The van der Waals surface area contributed by atoms with Gasteiger partial charge in [0.1, 0.15) is 23.0 Å². The summed E-state index contributed by atoms with van der Waals surface area (Å²) >= 11 is 6.60. The quantitative estimate of drug-likeness (QED) is 0.322. The van der Waals surface area contributed by atoms with Gasteiger partial charge in [0.25, 0.3) is 5.56 Å². The number of carbonyl (C=O) groups is 1. The van der Waals surface area contributed by atoms with Gasteiger partial charge in [-0.1, -0.05) is 11.6 Å². The predicted molar refractivity (Wildman–Crippen MR) is 136 cm³/mol. The molecule has 36 heavy (non-hydrogen) atoms. The second-order valence-corrected chi connectivity index (χ2v) is 8.04. The van der Waals surface area contributed by atoms with Gasteiger partial charge in [0.05, 0.1) is 19.2 Å². The molecule has 0 aliphatic carbocycles. The van der Waals surface area contributed by atoms with Gasteiger partial charge in [-0.25, -0.2) is 14.8 Å². The first-order chi connectivity index (χ1) is 17.3. The first kappa shape index (κ1) is 24.7. The molecule has 0 saturated heterocycles. The number of hydrogen-bond acceptors (Lipinski definition) is 8. The van der Waals surface area contributed by atoms with Crippen molar-refractivity contribution in [2.45, 2.75) is 13.0 Å². The van der Waals surface area contributed by atoms with Crippen molar-refractivity contribution in [3.8, 4) is 22.6 Å². The van der Waals surface area contributed by atoms with Crippen molar-refractivity contribution in [3.63, 3.8) is 0 Å². The minimum absolute atomic E-state index is 0.195. The lowest BCUT2D eigenvalue weighted by Crippen LogP contribution is -2.24. The highest BCUT2D eigenvalue weighted by Crippen LogP contribution is 2.38. The van der Waals surface area contributed by atoms with Gasteiger partial charge in [-0.2, -0.15) is 4.98 Å². The summed E-state index contributed by atoms with van der Waals surface area (Å²) in [7, 11) is 4.69. The fraction of sp³-hybridized carbons (Fsp3) is 0.208. The number of nitrogens with one attached hydrogen (secondary N) is 2. The molecule has 0 radical (unpaired) electrons. The van der Waals surface area contributed by atoms with Gasteiger partial charge in [-0.15, -0.1) is 0 Å². The normalized spacial score (nSPS) is 10.8. The number of halogens is 1. The number of methoxy groups -OCH3 is 2. The fourth-order valence-electron chi connectivity index (χ4n) is 3.76. The maximum atomic E-state index is 13.8. The molecular formula is C24H23ClN6O5. The Morgan fingerprint density at radius 1 is 1.14 bits per heavy atom. The van der Waals surface area contributed by atoms with E-state index in [-0.39, 0.29) is 22.9 Å². The van der Waals surface area contributed by atoms with Crippen LogP contribution in [-0.2, 0) is 13.0 Å². The van der Waals surface area contributed by atoms with Crippen LogP contribution in [0.2, 0.25) is 5.02 Å². The van der Waals surface area contributed by atoms with Crippen LogP contribution in [0.1, 0.15) is 5.56 Å². The lowest BCUT2D eigenvalue weighted by atomic mass is 10.0. The van der Waals surface area contributed by atoms with Crippen molar-refractivity contribution in [2.24, 2.45) is 0 Å². The number of aryl methyl sites for hydroxylation is 2. The Bertz CT molecular complexity index is 1510. The summed E-state index contributed by atoms with van der Waals surface area (Å²) < 4.78 is 12.3. The molecule has 11 nitrogen and oxygen atoms in total. The number of ether oxygens (including phenoxy) is 2. The second kappa shape index (κ2) is 10.5. The molecule has 3 aromatic heterocycles. The van der Waals surface area contributed by atoms with Crippen molar-refractivity contribution < 1.29 is 19.4 Å². The van der Waals surface area contributed by atoms with E-state index >= 15 is 0 Å². The molecule has 1 aromatic carbocycles. The van der Waals surface area contributed by atoms with Crippen LogP contribution in [0.4, 0.5) is 16.6 Å². The summed E-state index contributed by atoms with van der Waals surface area (Å²) in [5.41, 5.74) is 1.67. The zero-order chi connectivity index (χ0) is 25.8. The lowest BCUT2D eigenvalue weighted by molar-refractivity contribution is 0.209. The molecule has 0 aliphatic rings. The molecule has 0 unspecified atom stereocenters. The number of aromatic nitrogens is 4. The van der Waals surface area contributed by atoms with Gasteiger partial charge in [0, 0.05) is 48.6 Å². The fourth-order valence-corrected chi connectivity index (χ4v) is 4.05. The number of fused-ring (bicyclic) bond motifs is 1. The molecule has 4 aromatic rings. The Hall–Kier alpha value is -4.38. The van der Waals surface area contributed by atoms with Crippen LogP contribution in [0.15, 0.2) is 47.5 Å². The van der Waals surface area contributed by atoms with E-state index in [2.05, 4.69) is 25.6 Å². The van der Waals surface area contributed by atoms with E-state index in [4.69, 9.17) is 26.2 Å². The first-order valence-corrected chi connectivity index (χ1v) is 11.2. The Morgan fingerprint density at radius 2 is 1.94 bits per heavy atom. The summed E-state index contributed by atoms with van der Waals surface area (Å²) in [6.07, 6.45) is 2.32. The number of pyridine rings is 2. The molecular weight excluding hydrogens is 488 g/mol. The SMILES string of the molecule is CNc1ncc2cc(-c3cc(OC)cc(OC)c3Cl)c(=O)n(CCc3ccnc(NC(=O)O)c3)c2n1. The number of hydrogen-bond donors (Lipinski definition) is 3. The highest BCUT2D eigenvalue weighted by atomic mass is 35.5. The number of benzene rings is 1. The summed E-state index contributed by atoms with van der Waals surface area (Å²) in [6.45, 7) is 0.249. The van der Waals surface area contributed by atoms with Crippen LogP contribution in [-0.4, -0.2) is 52.0 Å². The van der Waals surface area contributed by atoms with Crippen LogP contribution in [0.25, 0.3) is 22.2 Å². The third-order valence-corrected chi connectivity index (χ3v) is 5.88. The second-order valence-electron chi connectivity index (χ2n) is 7.66. The van der Waals surface area contributed by atoms with Crippen molar-refractivity contribution in [3.05, 3.63) is 63.7 Å². The third-order valence-electron chi connectivity index (χ3n) is 5.49. The molecule has 0 bridgehead atoms. The number of rotatable bonds is 8. The number of carboxylic acid groups (broad SMARTS) is 1. The van der Waals surface area contributed by atoms with Gasteiger partial charge in [-0.05, 0) is 36.2 Å². The predicted octanol–water partition coefficient (Wildman–Crippen LogP) is 3.90. The van der Waals surface area contributed by atoms with Crippen LogP contribution in [0, 0.1) is 0 Å². The Morgan fingerprint density at radius 3 is 2.64 bits per heavy atom. The largest absolute Gasteiger partial charge is 0.497 e. The van der Waals surface area contributed by atoms with Crippen molar-refractivity contribution in [1.82, 2.24) is 19.5 Å². The number of anilines is 2. The van der Waals surface area contributed by atoms with E-state index < -0.39 is 6.09 Å². The van der Waals surface area contributed by atoms with E-state index in [0.29, 0.717) is 46.0 Å². The average Bonchev–Trinajstić information content (AvgIpc) is 2.87. The maximum Gasteiger partial charge on any atom is 0.410 e. The smallest absolute Gasteiger partial charge is 0.410 e. The van der Waals surface area contributed by atoms with E-state index in [1.807, 2.05) is 0 Å². The van der Waals surface area contributed by atoms with Gasteiger partial charge in [0.2, 0.25) is 5.95 Å².